The molecule has 0 saturated heterocycles. The van der Waals surface area contributed by atoms with E-state index in [-0.39, 0.29) is 17.8 Å². The van der Waals surface area contributed by atoms with Crippen LogP contribution in [-0.4, -0.2) is 22.1 Å². The van der Waals surface area contributed by atoms with Gasteiger partial charge in [-0.05, 0) is 32.6 Å². The molecule has 2 rings (SSSR count). The second-order valence-corrected chi connectivity index (χ2v) is 5.27. The van der Waals surface area contributed by atoms with E-state index in [1.807, 2.05) is 6.92 Å². The van der Waals surface area contributed by atoms with Gasteiger partial charge in [-0.25, -0.2) is 0 Å². The van der Waals surface area contributed by atoms with E-state index in [2.05, 4.69) is 22.4 Å². The molecule has 1 saturated carbocycles. The van der Waals surface area contributed by atoms with Gasteiger partial charge in [-0.1, -0.05) is 19.3 Å². The van der Waals surface area contributed by atoms with Gasteiger partial charge in [-0.2, -0.15) is 5.10 Å². The molecule has 1 heterocycles. The van der Waals surface area contributed by atoms with Crippen LogP contribution in [0.3, 0.4) is 0 Å². The van der Waals surface area contributed by atoms with E-state index < -0.39 is 0 Å². The van der Waals surface area contributed by atoms with Crippen molar-refractivity contribution in [2.75, 3.05) is 5.73 Å². The number of anilines is 1. The Morgan fingerprint density at radius 2 is 2.11 bits per heavy atom. The lowest BCUT2D eigenvalue weighted by Gasteiger charge is -2.28. The Morgan fingerprint density at radius 3 is 2.67 bits per heavy atom. The highest BCUT2D eigenvalue weighted by atomic mass is 16.1. The molecule has 5 nitrogen and oxygen atoms in total. The smallest absolute Gasteiger partial charge is 0.257 e. The second-order valence-electron chi connectivity index (χ2n) is 5.27. The first-order valence-electron chi connectivity index (χ1n) is 6.71. The van der Waals surface area contributed by atoms with E-state index in [1.54, 1.807) is 0 Å². The van der Waals surface area contributed by atoms with Crippen LogP contribution in [0.5, 0.6) is 0 Å². The van der Waals surface area contributed by atoms with Crippen molar-refractivity contribution in [3.05, 3.63) is 11.3 Å². The van der Waals surface area contributed by atoms with Crippen molar-refractivity contribution in [2.45, 2.75) is 52.0 Å². The van der Waals surface area contributed by atoms with Crippen molar-refractivity contribution >= 4 is 11.7 Å². The molecule has 1 aliphatic carbocycles. The van der Waals surface area contributed by atoms with Crippen LogP contribution in [0.1, 0.15) is 55.1 Å². The summed E-state index contributed by atoms with van der Waals surface area (Å²) >= 11 is 0. The van der Waals surface area contributed by atoms with Crippen molar-refractivity contribution in [1.29, 1.82) is 0 Å². The molecular weight excluding hydrogens is 228 g/mol. The molecule has 1 aliphatic rings. The fourth-order valence-corrected chi connectivity index (χ4v) is 2.77. The summed E-state index contributed by atoms with van der Waals surface area (Å²) in [6.07, 6.45) is 6.29. The standard InChI is InChI=1S/C13H22N4O/c1-8(10-6-4-3-5-7-10)15-13(18)11-9(2)16-17-12(11)14/h8,10H,3-7H2,1-2H3,(H,15,18)(H3,14,16,17). The number of carbonyl (C=O) groups is 1. The molecule has 0 radical (unpaired) electrons. The van der Waals surface area contributed by atoms with Gasteiger partial charge in [0.15, 0.2) is 5.82 Å². The maximum absolute atomic E-state index is 12.1. The monoisotopic (exact) mass is 250 g/mol. The summed E-state index contributed by atoms with van der Waals surface area (Å²) in [4.78, 5) is 12.1. The number of aryl methyl sites for hydroxylation is 1. The molecular formula is C13H22N4O. The van der Waals surface area contributed by atoms with Gasteiger partial charge in [-0.15, -0.1) is 0 Å². The molecule has 1 amide bonds. The minimum atomic E-state index is -0.114. The van der Waals surface area contributed by atoms with Crippen LogP contribution in [0.4, 0.5) is 5.82 Å². The summed E-state index contributed by atoms with van der Waals surface area (Å²) in [5.41, 5.74) is 6.90. The van der Waals surface area contributed by atoms with Gasteiger partial charge in [-0.3, -0.25) is 9.89 Å². The van der Waals surface area contributed by atoms with E-state index in [0.29, 0.717) is 11.5 Å². The molecule has 4 N–H and O–H groups in total. The lowest BCUT2D eigenvalue weighted by molar-refractivity contribution is 0.0919. The number of nitrogens with two attached hydrogens (primary N) is 1. The van der Waals surface area contributed by atoms with Crippen molar-refractivity contribution in [3.8, 4) is 0 Å². The summed E-state index contributed by atoms with van der Waals surface area (Å²) in [5, 5.41) is 9.64. The zero-order valence-electron chi connectivity index (χ0n) is 11.1. The summed E-state index contributed by atoms with van der Waals surface area (Å²) in [6.45, 7) is 3.89. The fraction of sp³-hybridized carbons (Fsp3) is 0.692. The van der Waals surface area contributed by atoms with Crippen LogP contribution in [0.15, 0.2) is 0 Å². The first-order valence-corrected chi connectivity index (χ1v) is 6.71. The van der Waals surface area contributed by atoms with Crippen molar-refractivity contribution in [2.24, 2.45) is 5.92 Å². The third kappa shape index (κ3) is 2.66. The van der Waals surface area contributed by atoms with Crippen LogP contribution in [0.2, 0.25) is 0 Å². The third-order valence-electron chi connectivity index (χ3n) is 3.92. The van der Waals surface area contributed by atoms with E-state index in [4.69, 9.17) is 5.73 Å². The van der Waals surface area contributed by atoms with E-state index in [9.17, 15) is 4.79 Å². The fourth-order valence-electron chi connectivity index (χ4n) is 2.77. The molecule has 1 fully saturated rings. The maximum atomic E-state index is 12.1. The number of aromatic nitrogens is 2. The lowest BCUT2D eigenvalue weighted by atomic mass is 9.84. The number of amides is 1. The number of H-pyrrole nitrogens is 1. The second kappa shape index (κ2) is 5.42. The number of hydrogen-bond donors (Lipinski definition) is 3. The average Bonchev–Trinajstić information content (AvgIpc) is 2.70. The van der Waals surface area contributed by atoms with Crippen LogP contribution >= 0.6 is 0 Å². The minimum Gasteiger partial charge on any atom is -0.382 e. The van der Waals surface area contributed by atoms with Gasteiger partial charge < -0.3 is 11.1 Å². The van der Waals surface area contributed by atoms with Crippen LogP contribution in [0, 0.1) is 12.8 Å². The molecule has 0 spiro atoms. The Labute approximate surface area is 108 Å². The minimum absolute atomic E-state index is 0.114. The number of nitrogens with one attached hydrogen (secondary N) is 2. The number of hydrogen-bond acceptors (Lipinski definition) is 3. The number of nitrogen functional groups attached to an aromatic ring is 1. The van der Waals surface area contributed by atoms with Gasteiger partial charge in [0.05, 0.1) is 0 Å². The molecule has 1 aromatic rings. The molecule has 0 aliphatic heterocycles. The molecule has 1 unspecified atom stereocenters. The summed E-state index contributed by atoms with van der Waals surface area (Å²) in [7, 11) is 0. The lowest BCUT2D eigenvalue weighted by Crippen LogP contribution is -2.39. The topological polar surface area (TPSA) is 83.8 Å². The van der Waals surface area contributed by atoms with Crippen molar-refractivity contribution in [1.82, 2.24) is 15.5 Å². The number of aromatic amines is 1. The first-order chi connectivity index (χ1) is 8.59. The third-order valence-corrected chi connectivity index (χ3v) is 3.92. The normalized spacial score (nSPS) is 18.6. The van der Waals surface area contributed by atoms with Gasteiger partial charge >= 0.3 is 0 Å². The van der Waals surface area contributed by atoms with E-state index in [1.165, 1.54) is 32.1 Å². The first kappa shape index (κ1) is 12.9. The Kier molecular flexibility index (Phi) is 3.89. The zero-order chi connectivity index (χ0) is 13.1. The molecule has 5 heteroatoms. The highest BCUT2D eigenvalue weighted by Gasteiger charge is 2.24. The SMILES string of the molecule is Cc1[nH]nc(N)c1C(=O)NC(C)C1CCCCC1. The van der Waals surface area contributed by atoms with Gasteiger partial charge in [0, 0.05) is 11.7 Å². The molecule has 1 atom stereocenters. The number of rotatable bonds is 3. The summed E-state index contributed by atoms with van der Waals surface area (Å²) in [6, 6.07) is 0.200. The Bertz CT molecular complexity index is 401. The summed E-state index contributed by atoms with van der Waals surface area (Å²) in [5.74, 6) is 0.758. The van der Waals surface area contributed by atoms with Crippen molar-refractivity contribution in [3.63, 3.8) is 0 Å². The van der Waals surface area contributed by atoms with E-state index in [0.717, 1.165) is 5.69 Å². The van der Waals surface area contributed by atoms with Crippen LogP contribution in [0.25, 0.3) is 0 Å². The summed E-state index contributed by atoms with van der Waals surface area (Å²) < 4.78 is 0. The van der Waals surface area contributed by atoms with Crippen molar-refractivity contribution < 1.29 is 4.79 Å². The van der Waals surface area contributed by atoms with Crippen LogP contribution in [-0.2, 0) is 0 Å². The molecule has 18 heavy (non-hydrogen) atoms. The quantitative estimate of drug-likeness (QED) is 0.767. The zero-order valence-corrected chi connectivity index (χ0v) is 11.1. The Morgan fingerprint density at radius 1 is 1.44 bits per heavy atom. The number of nitrogens with zero attached hydrogens (tertiary/aromatic N) is 1. The van der Waals surface area contributed by atoms with Gasteiger partial charge in [0.25, 0.3) is 5.91 Å². The predicted molar refractivity (Wildman–Crippen MR) is 71.2 cm³/mol. The van der Waals surface area contributed by atoms with E-state index >= 15 is 0 Å². The Hall–Kier alpha value is -1.52. The maximum Gasteiger partial charge on any atom is 0.257 e. The highest BCUT2D eigenvalue weighted by Crippen LogP contribution is 2.26. The van der Waals surface area contributed by atoms with Gasteiger partial charge in [0.1, 0.15) is 5.56 Å². The number of carbonyl (C=O) groups excluding carboxylic acids is 1. The molecule has 100 valence electrons. The molecule has 0 aromatic carbocycles. The molecule has 1 aromatic heterocycles. The van der Waals surface area contributed by atoms with Gasteiger partial charge in [0.2, 0.25) is 0 Å². The predicted octanol–water partition coefficient (Wildman–Crippen LogP) is 2.00. The largest absolute Gasteiger partial charge is 0.382 e. The van der Waals surface area contributed by atoms with Crippen LogP contribution < -0.4 is 11.1 Å². The highest BCUT2D eigenvalue weighted by molar-refractivity contribution is 5.99. The average molecular weight is 250 g/mol. The Balaban J connectivity index is 1.98. The molecule has 0 bridgehead atoms.